The van der Waals surface area contributed by atoms with Gasteiger partial charge >= 0.3 is 0 Å². The Kier molecular flexibility index (Phi) is 11.9. The van der Waals surface area contributed by atoms with Crippen LogP contribution >= 0.6 is 0 Å². The molecule has 3 heterocycles. The van der Waals surface area contributed by atoms with Crippen molar-refractivity contribution < 1.29 is 4.42 Å². The maximum atomic E-state index is 7.44. The van der Waals surface area contributed by atoms with Gasteiger partial charge in [0.2, 0.25) is 0 Å². The number of para-hydroxylation sites is 1. The smallest absolute Gasteiger partial charge is 0.297 e. The Balaban J connectivity index is 1.22. The molecule has 0 amide bonds. The summed E-state index contributed by atoms with van der Waals surface area (Å²) in [5.74, 6) is 0.550. The zero-order valence-electron chi connectivity index (χ0n) is 47.3. The predicted octanol–water partition coefficient (Wildman–Crippen LogP) is 18.4. The van der Waals surface area contributed by atoms with Crippen molar-refractivity contribution in [2.75, 3.05) is 9.80 Å². The fourth-order valence-corrected chi connectivity index (χ4v) is 12.1. The van der Waals surface area contributed by atoms with Gasteiger partial charge in [-0.2, -0.15) is 0 Å². The van der Waals surface area contributed by atoms with Crippen molar-refractivity contribution in [2.45, 2.75) is 169 Å². The van der Waals surface area contributed by atoms with Gasteiger partial charge in [-0.3, -0.25) is 0 Å². The van der Waals surface area contributed by atoms with Crippen LogP contribution < -0.4 is 26.4 Å². The molecule has 3 nitrogen and oxygen atoms in total. The van der Waals surface area contributed by atoms with E-state index in [1.807, 2.05) is 0 Å². The molecule has 1 fully saturated rings. The first-order chi connectivity index (χ1) is 34.8. The van der Waals surface area contributed by atoms with E-state index in [1.54, 1.807) is 0 Å². The Labute approximate surface area is 444 Å². The molecular weight excluding hydrogens is 896 g/mol. The van der Waals surface area contributed by atoms with Crippen molar-refractivity contribution in [3.63, 3.8) is 0 Å². The Bertz CT molecular complexity index is 3410. The Morgan fingerprint density at radius 3 is 1.55 bits per heavy atom. The minimum absolute atomic E-state index is 0.0403. The summed E-state index contributed by atoms with van der Waals surface area (Å²) in [6.45, 7) is 35.0. The molecule has 0 atom stereocenters. The highest BCUT2D eigenvalue weighted by atomic mass is 16.3. The van der Waals surface area contributed by atoms with Crippen LogP contribution in [-0.4, -0.2) is 6.71 Å². The minimum atomic E-state index is -0.160. The van der Waals surface area contributed by atoms with Gasteiger partial charge in [-0.05, 0) is 161 Å². The molecule has 0 spiro atoms. The average molecular weight is 975 g/mol. The van der Waals surface area contributed by atoms with Gasteiger partial charge in [-0.15, -0.1) is 0 Å². The fourth-order valence-electron chi connectivity index (χ4n) is 12.1. The lowest BCUT2D eigenvalue weighted by atomic mass is 9.35. The van der Waals surface area contributed by atoms with Gasteiger partial charge in [0.15, 0.2) is 0 Å². The number of rotatable bonds is 5. The molecule has 8 aromatic rings. The molecule has 0 unspecified atom stereocenters. The van der Waals surface area contributed by atoms with Crippen molar-refractivity contribution in [2.24, 2.45) is 0 Å². The molecule has 11 rings (SSSR count). The van der Waals surface area contributed by atoms with Gasteiger partial charge in [0, 0.05) is 33.7 Å². The van der Waals surface area contributed by atoms with Gasteiger partial charge in [-0.25, -0.2) is 0 Å². The van der Waals surface area contributed by atoms with Crippen molar-refractivity contribution in [1.29, 1.82) is 0 Å². The largest absolute Gasteiger partial charge is 0.468 e. The van der Waals surface area contributed by atoms with Crippen LogP contribution in [-0.2, 0) is 27.1 Å². The van der Waals surface area contributed by atoms with E-state index >= 15 is 0 Å². The van der Waals surface area contributed by atoms with Crippen LogP contribution in [0, 0.1) is 0 Å². The van der Waals surface area contributed by atoms with Crippen LogP contribution in [0.1, 0.15) is 175 Å². The number of hydrogen-bond donors (Lipinski definition) is 0. The predicted molar refractivity (Wildman–Crippen MR) is 320 cm³/mol. The van der Waals surface area contributed by atoms with Crippen molar-refractivity contribution >= 4 is 68.4 Å². The first kappa shape index (κ1) is 49.9. The maximum absolute atomic E-state index is 7.44. The van der Waals surface area contributed by atoms with E-state index in [2.05, 4.69) is 253 Å². The Morgan fingerprint density at radius 2 is 0.959 bits per heavy atom. The topological polar surface area (TPSA) is 19.6 Å². The van der Waals surface area contributed by atoms with Crippen LogP contribution in [0.4, 0.5) is 34.1 Å². The molecule has 1 saturated carbocycles. The summed E-state index contributed by atoms with van der Waals surface area (Å²) in [5, 5.41) is 1.14. The SMILES string of the molecule is CC(C)(C)c1ccc(-c2ccc(N3c4ccc(C(C)(C)C)cc4B4c5oc6ccccc6c5N(c5ccc(C6CCCCC6)cc5-c5cc(C(C)(C)C)cc(C(C)(C)C)c5)c5cc(C(C)(C)C)cc3c54)cc2)cc1. The summed E-state index contributed by atoms with van der Waals surface area (Å²) < 4.78 is 7.44. The molecule has 2 aliphatic heterocycles. The number of furan rings is 1. The van der Waals surface area contributed by atoms with Gasteiger partial charge < -0.3 is 14.2 Å². The Hall–Kier alpha value is -6.26. The summed E-state index contributed by atoms with van der Waals surface area (Å²) in [7, 11) is 0. The van der Waals surface area contributed by atoms with Crippen LogP contribution in [0.15, 0.2) is 144 Å². The van der Waals surface area contributed by atoms with Crippen LogP contribution in [0.5, 0.6) is 0 Å². The van der Waals surface area contributed by atoms with Crippen molar-refractivity contribution in [3.8, 4) is 22.3 Å². The number of fused-ring (bicyclic) bond motifs is 6. The quantitative estimate of drug-likeness (QED) is 0.160. The van der Waals surface area contributed by atoms with Crippen LogP contribution in [0.2, 0.25) is 0 Å². The summed E-state index contributed by atoms with van der Waals surface area (Å²) in [5.41, 5.74) is 24.5. The minimum Gasteiger partial charge on any atom is -0.468 e. The molecule has 0 saturated heterocycles. The van der Waals surface area contributed by atoms with Gasteiger partial charge in [0.05, 0.1) is 17.0 Å². The first-order valence-electron chi connectivity index (χ1n) is 27.8. The lowest BCUT2D eigenvalue weighted by Crippen LogP contribution is -2.61. The monoisotopic (exact) mass is 975 g/mol. The van der Waals surface area contributed by atoms with Crippen LogP contribution in [0.3, 0.4) is 0 Å². The molecule has 7 aromatic carbocycles. The van der Waals surface area contributed by atoms with E-state index in [0.29, 0.717) is 5.92 Å². The van der Waals surface area contributed by atoms with E-state index in [-0.39, 0.29) is 33.8 Å². The number of hydrogen-bond acceptors (Lipinski definition) is 3. The summed E-state index contributed by atoms with van der Waals surface area (Å²) in [6.07, 6.45) is 6.40. The molecule has 1 aliphatic carbocycles. The lowest BCUT2D eigenvalue weighted by Gasteiger charge is -2.44. The van der Waals surface area contributed by atoms with Gasteiger partial charge in [0.25, 0.3) is 6.71 Å². The second kappa shape index (κ2) is 17.7. The van der Waals surface area contributed by atoms with E-state index in [4.69, 9.17) is 4.42 Å². The third-order valence-electron chi connectivity index (χ3n) is 16.8. The normalized spacial score (nSPS) is 15.4. The highest BCUT2D eigenvalue weighted by Gasteiger charge is 2.48. The van der Waals surface area contributed by atoms with E-state index in [9.17, 15) is 0 Å². The van der Waals surface area contributed by atoms with E-state index < -0.39 is 0 Å². The standard InChI is InChI=1S/C70H79BN2O/c1-66(2,3)49-30-25-45(26-31-49)46-27-33-54(34-28-46)72-59-36-32-50(67(4,5)6)41-57(59)71-63-60(72)42-53(70(13,14)15)43-61(63)73(64-55-23-19-20-24-62(55)74-65(64)71)58-35-29-47(44-21-17-16-18-22-44)39-56(58)48-37-51(68(7,8)9)40-52(38-48)69(10,11)12/h19-20,23-44H,16-18,21-22H2,1-15H3. The summed E-state index contributed by atoms with van der Waals surface area (Å²) >= 11 is 0. The highest BCUT2D eigenvalue weighted by Crippen LogP contribution is 2.52. The highest BCUT2D eigenvalue weighted by molar-refractivity contribution is 7.00. The maximum Gasteiger partial charge on any atom is 0.297 e. The zero-order chi connectivity index (χ0) is 52.4. The molecule has 0 radical (unpaired) electrons. The van der Waals surface area contributed by atoms with E-state index in [0.717, 1.165) is 28.0 Å². The summed E-state index contributed by atoms with van der Waals surface area (Å²) in [4.78, 5) is 5.22. The molecular formula is C70H79BN2O. The average Bonchev–Trinajstić information content (AvgIpc) is 3.74. The Morgan fingerprint density at radius 1 is 0.432 bits per heavy atom. The number of nitrogens with zero attached hydrogens (tertiary/aromatic N) is 2. The molecule has 0 bridgehead atoms. The fraction of sp³-hybridized carbons (Fsp3) is 0.371. The second-order valence-corrected chi connectivity index (χ2v) is 27.4. The zero-order valence-corrected chi connectivity index (χ0v) is 47.3. The lowest BCUT2D eigenvalue weighted by molar-refractivity contribution is 0.444. The van der Waals surface area contributed by atoms with Crippen molar-refractivity contribution in [3.05, 3.63) is 173 Å². The van der Waals surface area contributed by atoms with E-state index in [1.165, 1.54) is 121 Å². The molecule has 74 heavy (non-hydrogen) atoms. The molecule has 0 N–H and O–H groups in total. The van der Waals surface area contributed by atoms with Gasteiger partial charge in [0.1, 0.15) is 5.58 Å². The van der Waals surface area contributed by atoms with Crippen molar-refractivity contribution in [1.82, 2.24) is 0 Å². The second-order valence-electron chi connectivity index (χ2n) is 27.4. The first-order valence-corrected chi connectivity index (χ1v) is 27.8. The molecule has 3 aliphatic rings. The number of anilines is 6. The molecule has 1 aromatic heterocycles. The molecule has 4 heteroatoms. The summed E-state index contributed by atoms with van der Waals surface area (Å²) in [6, 6.07) is 54.6. The third kappa shape index (κ3) is 8.82. The third-order valence-corrected chi connectivity index (χ3v) is 16.8. The molecule has 378 valence electrons. The van der Waals surface area contributed by atoms with Gasteiger partial charge in [-0.1, -0.05) is 208 Å². The number of benzene rings is 7. The van der Waals surface area contributed by atoms with Crippen LogP contribution in [0.25, 0.3) is 33.2 Å².